The van der Waals surface area contributed by atoms with E-state index in [-0.39, 0.29) is 31.1 Å². The van der Waals surface area contributed by atoms with Gasteiger partial charge >= 0.3 is 5.97 Å². The zero-order valence-electron chi connectivity index (χ0n) is 19.1. The molecule has 0 saturated carbocycles. The Balaban J connectivity index is 2.29. The van der Waals surface area contributed by atoms with Crippen molar-refractivity contribution in [1.82, 2.24) is 0 Å². The summed E-state index contributed by atoms with van der Waals surface area (Å²) in [5.41, 5.74) is 0.387. The molecule has 0 aliphatic carbocycles. The van der Waals surface area contributed by atoms with Gasteiger partial charge in [-0.15, -0.1) is 11.6 Å². The van der Waals surface area contributed by atoms with Gasteiger partial charge in [0.2, 0.25) is 0 Å². The van der Waals surface area contributed by atoms with Crippen LogP contribution in [-0.2, 0) is 36.9 Å². The number of alkyl halides is 1. The molecule has 33 heavy (non-hydrogen) atoms. The Morgan fingerprint density at radius 2 is 1.70 bits per heavy atom. The number of halogens is 1. The van der Waals surface area contributed by atoms with Crippen LogP contribution in [0.5, 0.6) is 5.75 Å². The second-order valence-electron chi connectivity index (χ2n) is 8.28. The van der Waals surface area contributed by atoms with Crippen LogP contribution >= 0.6 is 11.6 Å². The molecule has 0 spiro atoms. The van der Waals surface area contributed by atoms with Gasteiger partial charge in [-0.1, -0.05) is 56.3 Å². The first kappa shape index (κ1) is 27.1. The second kappa shape index (κ2) is 12.4. The molecule has 0 fully saturated rings. The summed E-state index contributed by atoms with van der Waals surface area (Å²) < 4.78 is 41.7. The molecule has 2 rings (SSSR count). The van der Waals surface area contributed by atoms with Crippen LogP contribution < -0.4 is 4.74 Å². The molecule has 2 atom stereocenters. The summed E-state index contributed by atoms with van der Waals surface area (Å²) in [4.78, 5) is 12.2. The van der Waals surface area contributed by atoms with E-state index in [0.29, 0.717) is 5.75 Å². The fourth-order valence-electron chi connectivity index (χ4n) is 3.38. The summed E-state index contributed by atoms with van der Waals surface area (Å²) in [6.07, 6.45) is -1.86. The van der Waals surface area contributed by atoms with E-state index in [1.165, 1.54) is 0 Å². The average Bonchev–Trinajstić information content (AvgIpc) is 2.78. The van der Waals surface area contributed by atoms with Gasteiger partial charge < -0.3 is 14.6 Å². The molecule has 9 heteroatoms. The molecule has 0 heterocycles. The summed E-state index contributed by atoms with van der Waals surface area (Å²) in [7, 11) is -2.37. The third-order valence-corrected chi connectivity index (χ3v) is 6.94. The maximum Gasteiger partial charge on any atom is 0.333 e. The SMILES string of the molecule is COc1ccc(CO[C@@H](C(=O)O)C(C)(C)C(Cc2ccccc2)OS(=O)(=O)CCCCl)cc1. The lowest BCUT2D eigenvalue weighted by molar-refractivity contribution is -0.166. The summed E-state index contributed by atoms with van der Waals surface area (Å²) >= 11 is 5.65. The number of methoxy groups -OCH3 is 1. The topological polar surface area (TPSA) is 99.1 Å². The van der Waals surface area contributed by atoms with Crippen molar-refractivity contribution in [2.75, 3.05) is 18.7 Å². The van der Waals surface area contributed by atoms with Crippen LogP contribution in [0.15, 0.2) is 54.6 Å². The lowest BCUT2D eigenvalue weighted by Gasteiger charge is -2.38. The highest BCUT2D eigenvalue weighted by atomic mass is 35.5. The first-order chi connectivity index (χ1) is 15.6. The summed E-state index contributed by atoms with van der Waals surface area (Å²) in [6, 6.07) is 16.2. The predicted molar refractivity (Wildman–Crippen MR) is 127 cm³/mol. The molecule has 1 N–H and O–H groups in total. The van der Waals surface area contributed by atoms with Gasteiger partial charge in [-0.2, -0.15) is 8.42 Å². The standard InChI is InChI=1S/C24H31ClO7S/c1-24(2,22(23(26)27)31-17-19-10-12-20(30-3)13-11-19)21(16-18-8-5-4-6-9-18)32-33(28,29)15-7-14-25/h4-6,8-13,21-22H,7,14-17H2,1-3H3,(H,26,27)/t21?,22-/m0/s1. The minimum absolute atomic E-state index is 0.0292. The molecule has 0 aliphatic rings. The van der Waals surface area contributed by atoms with Crippen LogP contribution in [0.3, 0.4) is 0 Å². The van der Waals surface area contributed by atoms with E-state index in [0.717, 1.165) is 11.1 Å². The van der Waals surface area contributed by atoms with Crippen LogP contribution in [0.2, 0.25) is 0 Å². The number of rotatable bonds is 14. The number of carbonyl (C=O) groups is 1. The molecule has 0 aromatic heterocycles. The number of hydrogen-bond acceptors (Lipinski definition) is 6. The van der Waals surface area contributed by atoms with Gasteiger partial charge in [-0.3, -0.25) is 4.18 Å². The van der Waals surface area contributed by atoms with Crippen LogP contribution in [0.1, 0.15) is 31.4 Å². The van der Waals surface area contributed by atoms with Crippen molar-refractivity contribution < 1.29 is 32.0 Å². The molecule has 0 saturated heterocycles. The number of aliphatic carboxylic acids is 1. The monoisotopic (exact) mass is 498 g/mol. The van der Waals surface area contributed by atoms with Gasteiger partial charge in [-0.05, 0) is 29.7 Å². The quantitative estimate of drug-likeness (QED) is 0.306. The normalized spacial score (nSPS) is 13.9. The average molecular weight is 499 g/mol. The molecular weight excluding hydrogens is 468 g/mol. The lowest BCUT2D eigenvalue weighted by Crippen LogP contribution is -2.49. The highest BCUT2D eigenvalue weighted by Crippen LogP contribution is 2.34. The minimum atomic E-state index is -3.93. The molecule has 0 bridgehead atoms. The smallest absolute Gasteiger partial charge is 0.333 e. The van der Waals surface area contributed by atoms with E-state index in [1.807, 2.05) is 30.3 Å². The van der Waals surface area contributed by atoms with Crippen molar-refractivity contribution in [3.05, 3.63) is 65.7 Å². The molecule has 0 amide bonds. The van der Waals surface area contributed by atoms with Crippen LogP contribution in [0.4, 0.5) is 0 Å². The molecule has 0 aliphatic heterocycles. The van der Waals surface area contributed by atoms with Gasteiger partial charge in [0.05, 0.1) is 25.6 Å². The van der Waals surface area contributed by atoms with Crippen molar-refractivity contribution in [3.8, 4) is 5.75 Å². The fourth-order valence-corrected chi connectivity index (χ4v) is 4.94. The molecule has 0 radical (unpaired) electrons. The van der Waals surface area contributed by atoms with Crippen molar-refractivity contribution in [2.45, 2.75) is 45.5 Å². The molecule has 7 nitrogen and oxygen atoms in total. The van der Waals surface area contributed by atoms with E-state index < -0.39 is 33.7 Å². The number of carboxylic acid groups (broad SMARTS) is 1. The zero-order chi connectivity index (χ0) is 24.5. The summed E-state index contributed by atoms with van der Waals surface area (Å²) in [6.45, 7) is 3.32. The number of hydrogen-bond donors (Lipinski definition) is 1. The Morgan fingerprint density at radius 3 is 2.24 bits per heavy atom. The lowest BCUT2D eigenvalue weighted by atomic mass is 9.78. The van der Waals surface area contributed by atoms with Gasteiger partial charge in [-0.25, -0.2) is 4.79 Å². The third kappa shape index (κ3) is 8.30. The van der Waals surface area contributed by atoms with E-state index in [2.05, 4.69) is 0 Å². The number of benzene rings is 2. The van der Waals surface area contributed by atoms with Gasteiger partial charge in [0.25, 0.3) is 10.1 Å². The Labute approximate surface area is 200 Å². The maximum absolute atomic E-state index is 12.6. The predicted octanol–water partition coefficient (Wildman–Crippen LogP) is 4.28. The molecule has 2 aromatic carbocycles. The maximum atomic E-state index is 12.6. The summed E-state index contributed by atoms with van der Waals surface area (Å²) in [5.74, 6) is -0.596. The fraction of sp³-hybridized carbons (Fsp3) is 0.458. The van der Waals surface area contributed by atoms with Crippen LogP contribution in [-0.4, -0.2) is 50.4 Å². The van der Waals surface area contributed by atoms with Crippen LogP contribution in [0, 0.1) is 5.41 Å². The Bertz CT molecular complexity index is 976. The largest absolute Gasteiger partial charge is 0.497 e. The van der Waals surface area contributed by atoms with E-state index in [1.54, 1.807) is 45.2 Å². The number of ether oxygens (including phenoxy) is 2. The van der Waals surface area contributed by atoms with Gasteiger partial charge in [0.1, 0.15) is 5.75 Å². The van der Waals surface area contributed by atoms with Crippen LogP contribution in [0.25, 0.3) is 0 Å². The van der Waals surface area contributed by atoms with Crippen molar-refractivity contribution in [3.63, 3.8) is 0 Å². The van der Waals surface area contributed by atoms with E-state index >= 15 is 0 Å². The van der Waals surface area contributed by atoms with Crippen molar-refractivity contribution in [2.24, 2.45) is 5.41 Å². The zero-order valence-corrected chi connectivity index (χ0v) is 20.6. The Hall–Kier alpha value is -2.13. The Kier molecular flexibility index (Phi) is 10.2. The highest BCUT2D eigenvalue weighted by Gasteiger charge is 2.45. The van der Waals surface area contributed by atoms with Crippen molar-refractivity contribution >= 4 is 27.7 Å². The third-order valence-electron chi connectivity index (χ3n) is 5.36. The van der Waals surface area contributed by atoms with E-state index in [9.17, 15) is 18.3 Å². The molecular formula is C24H31ClO7S. The molecule has 2 aromatic rings. The first-order valence-corrected chi connectivity index (χ1v) is 12.7. The van der Waals surface area contributed by atoms with Gasteiger partial charge in [0.15, 0.2) is 6.10 Å². The van der Waals surface area contributed by atoms with E-state index in [4.69, 9.17) is 25.3 Å². The second-order valence-corrected chi connectivity index (χ2v) is 10.4. The van der Waals surface area contributed by atoms with Crippen molar-refractivity contribution in [1.29, 1.82) is 0 Å². The molecule has 182 valence electrons. The molecule has 1 unspecified atom stereocenters. The van der Waals surface area contributed by atoms with Gasteiger partial charge in [0, 0.05) is 17.7 Å². The Morgan fingerprint density at radius 1 is 1.06 bits per heavy atom. The first-order valence-electron chi connectivity index (χ1n) is 10.6. The highest BCUT2D eigenvalue weighted by molar-refractivity contribution is 7.86. The minimum Gasteiger partial charge on any atom is -0.497 e. The summed E-state index contributed by atoms with van der Waals surface area (Å²) in [5, 5.41) is 9.96. The number of carboxylic acids is 1.